The molecule has 0 aromatic carbocycles. The van der Waals surface area contributed by atoms with E-state index in [1.165, 1.54) is 6.42 Å². The van der Waals surface area contributed by atoms with Crippen molar-refractivity contribution < 1.29 is 9.52 Å². The van der Waals surface area contributed by atoms with Gasteiger partial charge in [-0.05, 0) is 30.9 Å². The van der Waals surface area contributed by atoms with Crippen molar-refractivity contribution in [3.8, 4) is 6.07 Å². The first kappa shape index (κ1) is 14.1. The average Bonchev–Trinajstić information content (AvgIpc) is 2.95. The highest BCUT2D eigenvalue weighted by Gasteiger charge is 2.44. The topological polar surface area (TPSA) is 57.2 Å². The Bertz CT molecular complexity index is 460. The van der Waals surface area contributed by atoms with Gasteiger partial charge in [0, 0.05) is 6.42 Å². The first-order valence-corrected chi connectivity index (χ1v) is 7.33. The lowest BCUT2D eigenvalue weighted by atomic mass is 9.66. The molecule has 0 amide bonds. The van der Waals surface area contributed by atoms with Gasteiger partial charge in [-0.2, -0.15) is 5.26 Å². The van der Waals surface area contributed by atoms with Crippen molar-refractivity contribution in [2.45, 2.75) is 58.5 Å². The molecule has 1 aromatic rings. The molecule has 1 aliphatic rings. The van der Waals surface area contributed by atoms with Gasteiger partial charge in [-0.3, -0.25) is 0 Å². The van der Waals surface area contributed by atoms with Gasteiger partial charge in [0.25, 0.3) is 0 Å². The summed E-state index contributed by atoms with van der Waals surface area (Å²) in [6.07, 6.45) is 4.83. The van der Waals surface area contributed by atoms with E-state index in [4.69, 9.17) is 4.42 Å². The van der Waals surface area contributed by atoms with Gasteiger partial charge in [0.2, 0.25) is 0 Å². The molecule has 3 unspecified atom stereocenters. The van der Waals surface area contributed by atoms with Crippen LogP contribution in [-0.2, 0) is 6.42 Å². The van der Waals surface area contributed by atoms with Gasteiger partial charge < -0.3 is 9.52 Å². The summed E-state index contributed by atoms with van der Waals surface area (Å²) < 4.78 is 5.64. The largest absolute Gasteiger partial charge is 0.463 e. The molecule has 1 N–H and O–H groups in total. The minimum Gasteiger partial charge on any atom is -0.463 e. The molecule has 1 aliphatic carbocycles. The molecular formula is C16H23NO2. The Morgan fingerprint density at radius 1 is 1.53 bits per heavy atom. The van der Waals surface area contributed by atoms with Crippen molar-refractivity contribution in [2.24, 2.45) is 11.3 Å². The predicted molar refractivity (Wildman–Crippen MR) is 73.3 cm³/mol. The molecule has 0 saturated heterocycles. The third-order valence-corrected chi connectivity index (χ3v) is 4.51. The fourth-order valence-electron chi connectivity index (χ4n) is 3.19. The Labute approximate surface area is 115 Å². The van der Waals surface area contributed by atoms with E-state index >= 15 is 0 Å². The summed E-state index contributed by atoms with van der Waals surface area (Å²) in [6, 6.07) is 6.11. The zero-order chi connectivity index (χ0) is 13.9. The lowest BCUT2D eigenvalue weighted by molar-refractivity contribution is 0.00375. The van der Waals surface area contributed by atoms with Crippen LogP contribution in [0, 0.1) is 22.7 Å². The minimum absolute atomic E-state index is 0.545. The van der Waals surface area contributed by atoms with Crippen LogP contribution in [-0.4, -0.2) is 5.11 Å². The summed E-state index contributed by atoms with van der Waals surface area (Å²) in [7, 11) is 0. The number of rotatable bonds is 4. The second-order valence-corrected chi connectivity index (χ2v) is 5.70. The standard InChI is InChI=1S/C16H23NO2/c1-3-12-6-5-9-16(10-12,11-17)15(18)14-8-7-13(4-2)19-14/h7-8,12,15,18H,3-6,9-10H2,1-2H3. The number of nitrogens with zero attached hydrogens (tertiary/aromatic N) is 1. The number of hydrogen-bond donors (Lipinski definition) is 1. The molecule has 0 spiro atoms. The number of hydrogen-bond acceptors (Lipinski definition) is 3. The number of furan rings is 1. The molecule has 104 valence electrons. The Kier molecular flexibility index (Phi) is 4.31. The fraction of sp³-hybridized carbons (Fsp3) is 0.688. The highest BCUT2D eigenvalue weighted by molar-refractivity contribution is 5.17. The van der Waals surface area contributed by atoms with E-state index in [1.54, 1.807) is 0 Å². The maximum Gasteiger partial charge on any atom is 0.134 e. The first-order chi connectivity index (χ1) is 9.15. The molecule has 0 aliphatic heterocycles. The predicted octanol–water partition coefficient (Wildman–Crippen LogP) is 3.99. The van der Waals surface area contributed by atoms with Gasteiger partial charge in [-0.1, -0.05) is 33.1 Å². The van der Waals surface area contributed by atoms with Crippen LogP contribution in [0.5, 0.6) is 0 Å². The molecule has 3 atom stereocenters. The monoisotopic (exact) mass is 261 g/mol. The molecule has 3 nitrogen and oxygen atoms in total. The molecule has 0 radical (unpaired) electrons. The van der Waals surface area contributed by atoms with E-state index in [0.717, 1.165) is 37.9 Å². The molecule has 1 heterocycles. The second kappa shape index (κ2) is 5.79. The van der Waals surface area contributed by atoms with Crippen LogP contribution in [0.25, 0.3) is 0 Å². The van der Waals surface area contributed by atoms with Crippen LogP contribution in [0.4, 0.5) is 0 Å². The van der Waals surface area contributed by atoms with Crippen LogP contribution < -0.4 is 0 Å². The Balaban J connectivity index is 2.22. The average molecular weight is 261 g/mol. The highest BCUT2D eigenvalue weighted by atomic mass is 16.4. The summed E-state index contributed by atoms with van der Waals surface area (Å²) in [5, 5.41) is 20.2. The van der Waals surface area contributed by atoms with Crippen LogP contribution >= 0.6 is 0 Å². The maximum atomic E-state index is 10.6. The van der Waals surface area contributed by atoms with Gasteiger partial charge in [-0.15, -0.1) is 0 Å². The van der Waals surface area contributed by atoms with E-state index in [9.17, 15) is 10.4 Å². The van der Waals surface area contributed by atoms with Crippen molar-refractivity contribution in [3.05, 3.63) is 23.7 Å². The zero-order valence-electron chi connectivity index (χ0n) is 11.9. The van der Waals surface area contributed by atoms with E-state index in [0.29, 0.717) is 11.7 Å². The number of nitriles is 1. The number of aryl methyl sites for hydroxylation is 1. The van der Waals surface area contributed by atoms with Crippen molar-refractivity contribution in [2.75, 3.05) is 0 Å². The molecule has 2 rings (SSSR count). The van der Waals surface area contributed by atoms with Crippen molar-refractivity contribution in [3.63, 3.8) is 0 Å². The Hall–Kier alpha value is -1.27. The summed E-state index contributed by atoms with van der Waals surface area (Å²) in [5.41, 5.74) is -0.665. The maximum absolute atomic E-state index is 10.6. The van der Waals surface area contributed by atoms with E-state index in [1.807, 2.05) is 19.1 Å². The first-order valence-electron chi connectivity index (χ1n) is 7.33. The van der Waals surface area contributed by atoms with E-state index < -0.39 is 11.5 Å². The van der Waals surface area contributed by atoms with Gasteiger partial charge in [0.05, 0.1) is 11.5 Å². The normalized spacial score (nSPS) is 28.8. The number of aliphatic hydroxyl groups is 1. The van der Waals surface area contributed by atoms with Gasteiger partial charge in [0.1, 0.15) is 17.6 Å². The lowest BCUT2D eigenvalue weighted by Gasteiger charge is -2.38. The lowest BCUT2D eigenvalue weighted by Crippen LogP contribution is -2.33. The summed E-state index contributed by atoms with van der Waals surface area (Å²) in [5.74, 6) is 1.96. The Morgan fingerprint density at radius 3 is 2.89 bits per heavy atom. The molecule has 1 aromatic heterocycles. The van der Waals surface area contributed by atoms with Crippen molar-refractivity contribution >= 4 is 0 Å². The van der Waals surface area contributed by atoms with Crippen LogP contribution in [0.15, 0.2) is 16.5 Å². The molecule has 1 fully saturated rings. The number of aliphatic hydroxyl groups excluding tert-OH is 1. The third-order valence-electron chi connectivity index (χ3n) is 4.51. The van der Waals surface area contributed by atoms with Gasteiger partial charge in [-0.25, -0.2) is 0 Å². The molecule has 0 bridgehead atoms. The van der Waals surface area contributed by atoms with Crippen LogP contribution in [0.1, 0.15) is 63.6 Å². The SMILES string of the molecule is CCc1ccc(C(O)C2(C#N)CCCC(CC)C2)o1. The van der Waals surface area contributed by atoms with Crippen LogP contribution in [0.3, 0.4) is 0 Å². The Morgan fingerprint density at radius 2 is 2.32 bits per heavy atom. The zero-order valence-corrected chi connectivity index (χ0v) is 11.9. The minimum atomic E-state index is -0.799. The molecule has 19 heavy (non-hydrogen) atoms. The fourth-order valence-corrected chi connectivity index (χ4v) is 3.19. The third kappa shape index (κ3) is 2.69. The molecule has 1 saturated carbocycles. The van der Waals surface area contributed by atoms with E-state index in [-0.39, 0.29) is 0 Å². The highest BCUT2D eigenvalue weighted by Crippen LogP contribution is 2.48. The summed E-state index contributed by atoms with van der Waals surface area (Å²) >= 11 is 0. The molecule has 3 heteroatoms. The van der Waals surface area contributed by atoms with Crippen molar-refractivity contribution in [1.29, 1.82) is 5.26 Å². The summed E-state index contributed by atoms with van der Waals surface area (Å²) in [6.45, 7) is 4.18. The van der Waals surface area contributed by atoms with Crippen LogP contribution in [0.2, 0.25) is 0 Å². The molecular weight excluding hydrogens is 238 g/mol. The summed E-state index contributed by atoms with van der Waals surface area (Å²) in [4.78, 5) is 0. The smallest absolute Gasteiger partial charge is 0.134 e. The van der Waals surface area contributed by atoms with E-state index in [2.05, 4.69) is 13.0 Å². The second-order valence-electron chi connectivity index (χ2n) is 5.70. The quantitative estimate of drug-likeness (QED) is 0.891. The van der Waals surface area contributed by atoms with Crippen molar-refractivity contribution in [1.82, 2.24) is 0 Å². The van der Waals surface area contributed by atoms with Gasteiger partial charge in [0.15, 0.2) is 0 Å². The van der Waals surface area contributed by atoms with Gasteiger partial charge >= 0.3 is 0 Å².